The van der Waals surface area contributed by atoms with Gasteiger partial charge in [-0.05, 0) is 25.2 Å². The second-order valence-corrected chi connectivity index (χ2v) is 5.67. The van der Waals surface area contributed by atoms with Gasteiger partial charge in [0.2, 0.25) is 0 Å². The van der Waals surface area contributed by atoms with E-state index < -0.39 is 11.9 Å². The summed E-state index contributed by atoms with van der Waals surface area (Å²) in [5.74, 6) is 0.621. The average Bonchev–Trinajstić information content (AvgIpc) is 2.62. The quantitative estimate of drug-likeness (QED) is 0.882. The molecular formula is C11H15F3N4. The molecule has 1 aromatic heterocycles. The molecule has 100 valence electrons. The zero-order valence-corrected chi connectivity index (χ0v) is 10.0. The molecule has 0 amide bonds. The minimum atomic E-state index is -4.41. The Morgan fingerprint density at radius 3 is 2.78 bits per heavy atom. The van der Waals surface area contributed by atoms with Crippen LogP contribution in [0.15, 0.2) is 6.20 Å². The normalized spacial score (nSPS) is 35.3. The van der Waals surface area contributed by atoms with E-state index >= 15 is 0 Å². The highest BCUT2D eigenvalue weighted by atomic mass is 19.4. The van der Waals surface area contributed by atoms with E-state index in [0.29, 0.717) is 18.5 Å². The largest absolute Gasteiger partial charge is 0.436 e. The molecule has 0 spiro atoms. The van der Waals surface area contributed by atoms with Gasteiger partial charge >= 0.3 is 6.18 Å². The topological polar surface area (TPSA) is 42.7 Å². The van der Waals surface area contributed by atoms with Gasteiger partial charge in [0.25, 0.3) is 0 Å². The number of hydrogen-bond acceptors (Lipinski definition) is 3. The number of piperidine rings is 1. The van der Waals surface area contributed by atoms with Gasteiger partial charge in [-0.15, -0.1) is 5.10 Å². The molecule has 1 saturated carbocycles. The van der Waals surface area contributed by atoms with Crippen LogP contribution in [0, 0.1) is 5.92 Å². The first-order valence-electron chi connectivity index (χ1n) is 6.11. The fraction of sp³-hybridized carbons (Fsp3) is 0.818. The van der Waals surface area contributed by atoms with Gasteiger partial charge in [0.15, 0.2) is 5.69 Å². The SMILES string of the molecule is CC1CC2CC(Cn3cc(C(F)(F)F)nn3)(C1)N2. The second kappa shape index (κ2) is 3.69. The molecule has 7 heteroatoms. The van der Waals surface area contributed by atoms with Crippen LogP contribution in [0.4, 0.5) is 13.2 Å². The van der Waals surface area contributed by atoms with E-state index in [-0.39, 0.29) is 5.54 Å². The molecule has 2 bridgehead atoms. The first-order valence-corrected chi connectivity index (χ1v) is 6.11. The van der Waals surface area contributed by atoms with Crippen molar-refractivity contribution in [1.29, 1.82) is 0 Å². The predicted octanol–water partition coefficient (Wildman–Crippen LogP) is 1.83. The number of aromatic nitrogens is 3. The summed E-state index contributed by atoms with van der Waals surface area (Å²) in [5.41, 5.74) is -0.988. The van der Waals surface area contributed by atoms with Crippen molar-refractivity contribution in [2.75, 3.05) is 0 Å². The Labute approximate surface area is 103 Å². The Morgan fingerprint density at radius 2 is 2.22 bits per heavy atom. The summed E-state index contributed by atoms with van der Waals surface area (Å²) >= 11 is 0. The van der Waals surface area contributed by atoms with Crippen molar-refractivity contribution in [2.24, 2.45) is 5.92 Å². The number of fused-ring (bicyclic) bond motifs is 2. The minimum Gasteiger partial charge on any atom is -0.307 e. The Morgan fingerprint density at radius 1 is 1.50 bits per heavy atom. The molecule has 0 radical (unpaired) electrons. The Kier molecular flexibility index (Phi) is 2.45. The Balaban J connectivity index is 1.72. The lowest BCUT2D eigenvalue weighted by Gasteiger charge is -2.56. The van der Waals surface area contributed by atoms with E-state index in [4.69, 9.17) is 0 Å². The van der Waals surface area contributed by atoms with Crippen LogP contribution in [0.25, 0.3) is 0 Å². The molecule has 1 aromatic rings. The first-order chi connectivity index (χ1) is 8.36. The van der Waals surface area contributed by atoms with Gasteiger partial charge in [0, 0.05) is 11.6 Å². The van der Waals surface area contributed by atoms with Crippen LogP contribution in [0.1, 0.15) is 31.9 Å². The highest BCUT2D eigenvalue weighted by molar-refractivity contribution is 5.09. The van der Waals surface area contributed by atoms with Crippen molar-refractivity contribution < 1.29 is 13.2 Å². The van der Waals surface area contributed by atoms with Crippen LogP contribution in [0.2, 0.25) is 0 Å². The third kappa shape index (κ3) is 2.00. The molecule has 3 unspecified atom stereocenters. The molecule has 1 N–H and O–H groups in total. The van der Waals surface area contributed by atoms with E-state index in [1.807, 2.05) is 0 Å². The Bertz CT molecular complexity index is 447. The summed E-state index contributed by atoms with van der Waals surface area (Å²) in [7, 11) is 0. The molecule has 3 heterocycles. The van der Waals surface area contributed by atoms with Crippen molar-refractivity contribution in [3.8, 4) is 0 Å². The Hall–Kier alpha value is -1.11. The number of nitrogens with one attached hydrogen (secondary N) is 1. The van der Waals surface area contributed by atoms with E-state index in [1.54, 1.807) is 0 Å². The van der Waals surface area contributed by atoms with Gasteiger partial charge in [-0.25, -0.2) is 0 Å². The van der Waals surface area contributed by atoms with Crippen molar-refractivity contribution >= 4 is 0 Å². The van der Waals surface area contributed by atoms with Crippen molar-refractivity contribution in [2.45, 2.75) is 50.5 Å². The molecule has 3 fully saturated rings. The molecule has 0 aromatic carbocycles. The van der Waals surface area contributed by atoms with Crippen LogP contribution in [-0.4, -0.2) is 26.6 Å². The van der Waals surface area contributed by atoms with E-state index in [2.05, 4.69) is 22.6 Å². The molecule has 1 aliphatic carbocycles. The van der Waals surface area contributed by atoms with Gasteiger partial charge in [0.1, 0.15) is 0 Å². The summed E-state index contributed by atoms with van der Waals surface area (Å²) in [6.07, 6.45) is -0.245. The molecular weight excluding hydrogens is 245 g/mol. The smallest absolute Gasteiger partial charge is 0.307 e. The summed E-state index contributed by atoms with van der Waals surface area (Å²) in [6.45, 7) is 2.65. The summed E-state index contributed by atoms with van der Waals surface area (Å²) in [5, 5.41) is 10.2. The van der Waals surface area contributed by atoms with Crippen LogP contribution in [-0.2, 0) is 12.7 Å². The second-order valence-electron chi connectivity index (χ2n) is 5.67. The molecule has 2 aliphatic heterocycles. The maximum atomic E-state index is 12.4. The van der Waals surface area contributed by atoms with Gasteiger partial charge in [-0.3, -0.25) is 4.68 Å². The van der Waals surface area contributed by atoms with Crippen molar-refractivity contribution in [3.05, 3.63) is 11.9 Å². The van der Waals surface area contributed by atoms with Crippen LogP contribution < -0.4 is 5.32 Å². The maximum absolute atomic E-state index is 12.4. The zero-order valence-electron chi connectivity index (χ0n) is 10.0. The molecule has 18 heavy (non-hydrogen) atoms. The molecule has 4 rings (SSSR count). The summed E-state index contributed by atoms with van der Waals surface area (Å²) in [6, 6.07) is 0.527. The van der Waals surface area contributed by atoms with Crippen LogP contribution >= 0.6 is 0 Å². The van der Waals surface area contributed by atoms with Gasteiger partial charge < -0.3 is 5.32 Å². The lowest BCUT2D eigenvalue weighted by molar-refractivity contribution is -0.141. The lowest BCUT2D eigenvalue weighted by Crippen LogP contribution is -2.69. The molecule has 4 nitrogen and oxygen atoms in total. The first kappa shape index (κ1) is 12.0. The number of halogens is 3. The van der Waals surface area contributed by atoms with E-state index in [1.165, 1.54) is 4.68 Å². The van der Waals surface area contributed by atoms with E-state index in [0.717, 1.165) is 25.5 Å². The number of rotatable bonds is 2. The highest BCUT2D eigenvalue weighted by Crippen LogP contribution is 2.42. The van der Waals surface area contributed by atoms with Crippen molar-refractivity contribution in [3.63, 3.8) is 0 Å². The van der Waals surface area contributed by atoms with E-state index in [9.17, 15) is 13.2 Å². The maximum Gasteiger partial charge on any atom is 0.436 e. The fourth-order valence-electron chi connectivity index (χ4n) is 3.39. The van der Waals surface area contributed by atoms with Crippen LogP contribution in [0.3, 0.4) is 0 Å². The number of nitrogens with zero attached hydrogens (tertiary/aromatic N) is 3. The monoisotopic (exact) mass is 260 g/mol. The van der Waals surface area contributed by atoms with Crippen molar-refractivity contribution in [1.82, 2.24) is 20.3 Å². The summed E-state index contributed by atoms with van der Waals surface area (Å²) < 4.78 is 38.6. The van der Waals surface area contributed by atoms with Gasteiger partial charge in [-0.1, -0.05) is 12.1 Å². The van der Waals surface area contributed by atoms with Gasteiger partial charge in [0.05, 0.1) is 12.7 Å². The third-order valence-corrected chi connectivity index (χ3v) is 3.87. The van der Waals surface area contributed by atoms with Crippen LogP contribution in [0.5, 0.6) is 0 Å². The average molecular weight is 260 g/mol. The lowest BCUT2D eigenvalue weighted by atomic mass is 9.66. The fourth-order valence-corrected chi connectivity index (χ4v) is 3.39. The summed E-state index contributed by atoms with van der Waals surface area (Å²) in [4.78, 5) is 0. The number of hydrogen-bond donors (Lipinski definition) is 1. The predicted molar refractivity (Wildman–Crippen MR) is 57.7 cm³/mol. The number of alkyl halides is 3. The zero-order chi connectivity index (χ0) is 13.0. The van der Waals surface area contributed by atoms with Gasteiger partial charge in [-0.2, -0.15) is 13.2 Å². The highest BCUT2D eigenvalue weighted by Gasteiger charge is 2.49. The molecule has 3 atom stereocenters. The standard InChI is InChI=1S/C11H15F3N4/c1-7-2-8-4-10(3-7,15-8)6-18-5-9(16-17-18)11(12,13)14/h5,7-8,15H,2-4,6H2,1H3. The third-order valence-electron chi connectivity index (χ3n) is 3.87. The minimum absolute atomic E-state index is 0.0705. The molecule has 2 saturated heterocycles. The molecule has 3 aliphatic rings.